The number of nitrogens with zero attached hydrogens (tertiary/aromatic N) is 2. The molecule has 0 saturated carbocycles. The van der Waals surface area contributed by atoms with E-state index in [0.717, 1.165) is 16.8 Å². The number of aryl methyl sites for hydroxylation is 1. The van der Waals surface area contributed by atoms with Crippen LogP contribution in [0.3, 0.4) is 0 Å². The van der Waals surface area contributed by atoms with Gasteiger partial charge in [0.25, 0.3) is 0 Å². The van der Waals surface area contributed by atoms with E-state index in [1.54, 1.807) is 16.8 Å². The predicted molar refractivity (Wildman–Crippen MR) is 99.0 cm³/mol. The van der Waals surface area contributed by atoms with Crippen molar-refractivity contribution in [3.8, 4) is 11.5 Å². The van der Waals surface area contributed by atoms with Crippen LogP contribution in [0.1, 0.15) is 41.6 Å². The maximum atomic E-state index is 12.4. The standard InChI is InChI=1S/C18H21N3O5S/c1-10-17-13(11-3-4-15(26-2)14(22)7-11)8-16(23)19-18(17)21(20-10)12-5-6-27(24,25)9-12/h3-4,7,12-13,22H,5-6,8-9H2,1-2H3,(H,19,23). The number of amides is 1. The van der Waals surface area contributed by atoms with Crippen LogP contribution in [0.2, 0.25) is 0 Å². The molecule has 2 unspecified atom stereocenters. The number of rotatable bonds is 3. The van der Waals surface area contributed by atoms with Crippen molar-refractivity contribution in [3.63, 3.8) is 0 Å². The average molecular weight is 391 g/mol. The number of phenolic OH excluding ortho intramolecular Hbond substituents is 1. The minimum absolute atomic E-state index is 0.00876. The van der Waals surface area contributed by atoms with Crippen LogP contribution in [0.15, 0.2) is 18.2 Å². The van der Waals surface area contributed by atoms with Gasteiger partial charge in [0, 0.05) is 17.9 Å². The highest BCUT2D eigenvalue weighted by Crippen LogP contribution is 2.43. The smallest absolute Gasteiger partial charge is 0.226 e. The molecule has 1 amide bonds. The van der Waals surface area contributed by atoms with Crippen molar-refractivity contribution in [2.45, 2.75) is 31.7 Å². The molecule has 4 rings (SSSR count). The highest BCUT2D eigenvalue weighted by molar-refractivity contribution is 7.91. The van der Waals surface area contributed by atoms with Crippen molar-refractivity contribution in [3.05, 3.63) is 35.0 Å². The third-order valence-electron chi connectivity index (χ3n) is 5.29. The second-order valence-electron chi connectivity index (χ2n) is 7.09. The summed E-state index contributed by atoms with van der Waals surface area (Å²) in [6.45, 7) is 1.85. The number of sulfone groups is 1. The molecule has 3 heterocycles. The quantitative estimate of drug-likeness (QED) is 0.825. The Bertz CT molecular complexity index is 1030. The first-order valence-corrected chi connectivity index (χ1v) is 10.6. The van der Waals surface area contributed by atoms with E-state index in [0.29, 0.717) is 18.0 Å². The number of carbonyl (C=O) groups excluding carboxylic acids is 1. The van der Waals surface area contributed by atoms with Gasteiger partial charge in [-0.1, -0.05) is 6.07 Å². The van der Waals surface area contributed by atoms with Gasteiger partial charge in [-0.3, -0.25) is 4.79 Å². The molecule has 8 nitrogen and oxygen atoms in total. The van der Waals surface area contributed by atoms with Crippen LogP contribution in [-0.4, -0.2) is 47.8 Å². The SMILES string of the molecule is COc1ccc(C2CC(=O)Nc3c2c(C)nn3C2CCS(=O)(=O)C2)cc1O. The zero-order valence-electron chi connectivity index (χ0n) is 15.1. The third-order valence-corrected chi connectivity index (χ3v) is 7.04. The van der Waals surface area contributed by atoms with Crippen LogP contribution in [0.25, 0.3) is 0 Å². The summed E-state index contributed by atoms with van der Waals surface area (Å²) in [5.74, 6) is 0.671. The van der Waals surface area contributed by atoms with E-state index >= 15 is 0 Å². The third kappa shape index (κ3) is 3.05. The van der Waals surface area contributed by atoms with Gasteiger partial charge in [0.2, 0.25) is 5.91 Å². The fourth-order valence-electron chi connectivity index (χ4n) is 4.01. The number of aromatic hydroxyl groups is 1. The molecule has 0 spiro atoms. The van der Waals surface area contributed by atoms with Gasteiger partial charge in [-0.05, 0) is 31.0 Å². The predicted octanol–water partition coefficient (Wildman–Crippen LogP) is 1.74. The van der Waals surface area contributed by atoms with Gasteiger partial charge in [0.15, 0.2) is 21.3 Å². The fourth-order valence-corrected chi connectivity index (χ4v) is 5.71. The molecule has 9 heteroatoms. The van der Waals surface area contributed by atoms with E-state index in [1.807, 2.05) is 13.0 Å². The van der Waals surface area contributed by atoms with Crippen molar-refractivity contribution in [1.82, 2.24) is 9.78 Å². The molecular weight excluding hydrogens is 370 g/mol. The first-order valence-electron chi connectivity index (χ1n) is 8.75. The van der Waals surface area contributed by atoms with Crippen LogP contribution in [-0.2, 0) is 14.6 Å². The molecule has 2 N–H and O–H groups in total. The van der Waals surface area contributed by atoms with E-state index < -0.39 is 9.84 Å². The average Bonchev–Trinajstić information content (AvgIpc) is 3.13. The zero-order valence-corrected chi connectivity index (χ0v) is 15.9. The first-order chi connectivity index (χ1) is 12.8. The Balaban J connectivity index is 1.79. The largest absolute Gasteiger partial charge is 0.504 e. The Morgan fingerprint density at radius 3 is 2.78 bits per heavy atom. The second kappa shape index (κ2) is 6.26. The molecule has 2 atom stereocenters. The van der Waals surface area contributed by atoms with E-state index in [1.165, 1.54) is 7.11 Å². The highest BCUT2D eigenvalue weighted by atomic mass is 32.2. The zero-order chi connectivity index (χ0) is 19.3. The summed E-state index contributed by atoms with van der Waals surface area (Å²) < 4.78 is 30.5. The number of ether oxygens (including phenoxy) is 1. The summed E-state index contributed by atoms with van der Waals surface area (Å²) in [6, 6.07) is 4.81. The van der Waals surface area contributed by atoms with Crippen LogP contribution in [0.4, 0.5) is 5.82 Å². The number of hydrogen-bond donors (Lipinski definition) is 2. The van der Waals surface area contributed by atoms with Gasteiger partial charge in [0.05, 0.1) is 30.4 Å². The Hall–Kier alpha value is -2.55. The number of nitrogens with one attached hydrogen (secondary N) is 1. The van der Waals surface area contributed by atoms with Crippen LogP contribution < -0.4 is 10.1 Å². The molecule has 2 aliphatic rings. The molecule has 27 heavy (non-hydrogen) atoms. The lowest BCUT2D eigenvalue weighted by molar-refractivity contribution is -0.116. The number of fused-ring (bicyclic) bond motifs is 1. The Morgan fingerprint density at radius 1 is 1.37 bits per heavy atom. The summed E-state index contributed by atoms with van der Waals surface area (Å²) in [5.41, 5.74) is 2.39. The molecule has 1 saturated heterocycles. The lowest BCUT2D eigenvalue weighted by Gasteiger charge is -2.25. The molecule has 1 fully saturated rings. The van der Waals surface area contributed by atoms with Crippen molar-refractivity contribution in [1.29, 1.82) is 0 Å². The number of carbonyl (C=O) groups is 1. The maximum Gasteiger partial charge on any atom is 0.226 e. The Kier molecular flexibility index (Phi) is 4.14. The molecule has 144 valence electrons. The summed E-state index contributed by atoms with van der Waals surface area (Å²) in [6.07, 6.45) is 0.716. The second-order valence-corrected chi connectivity index (χ2v) is 9.31. The first kappa shape index (κ1) is 17.8. The molecule has 0 radical (unpaired) electrons. The van der Waals surface area contributed by atoms with Crippen molar-refractivity contribution >= 4 is 21.6 Å². The van der Waals surface area contributed by atoms with Crippen molar-refractivity contribution in [2.75, 3.05) is 23.9 Å². The van der Waals surface area contributed by atoms with E-state index in [9.17, 15) is 18.3 Å². The summed E-state index contributed by atoms with van der Waals surface area (Å²) in [5, 5.41) is 17.6. The van der Waals surface area contributed by atoms with Gasteiger partial charge in [0.1, 0.15) is 5.82 Å². The lowest BCUT2D eigenvalue weighted by atomic mass is 9.85. The molecule has 2 aliphatic heterocycles. The normalized spacial score (nSPS) is 23.7. The number of methoxy groups -OCH3 is 1. The highest BCUT2D eigenvalue weighted by Gasteiger charge is 2.37. The molecule has 1 aromatic heterocycles. The Labute approximate surface area is 157 Å². The van der Waals surface area contributed by atoms with Gasteiger partial charge < -0.3 is 15.2 Å². The molecular formula is C18H21N3O5S. The monoisotopic (exact) mass is 391 g/mol. The fraction of sp³-hybridized carbons (Fsp3) is 0.444. The molecule has 0 bridgehead atoms. The van der Waals surface area contributed by atoms with E-state index in [-0.39, 0.29) is 41.5 Å². The topological polar surface area (TPSA) is 111 Å². The summed E-state index contributed by atoms with van der Waals surface area (Å²) in [4.78, 5) is 12.4. The lowest BCUT2D eigenvalue weighted by Crippen LogP contribution is -2.26. The number of benzene rings is 1. The van der Waals surface area contributed by atoms with Gasteiger partial charge in [-0.15, -0.1) is 0 Å². The Morgan fingerprint density at radius 2 is 2.15 bits per heavy atom. The van der Waals surface area contributed by atoms with Crippen molar-refractivity contribution in [2.24, 2.45) is 0 Å². The minimum Gasteiger partial charge on any atom is -0.504 e. The van der Waals surface area contributed by atoms with Crippen molar-refractivity contribution < 1.29 is 23.1 Å². The van der Waals surface area contributed by atoms with Crippen LogP contribution in [0, 0.1) is 6.92 Å². The number of phenols is 1. The molecule has 2 aromatic rings. The minimum atomic E-state index is -3.07. The molecule has 1 aromatic carbocycles. The maximum absolute atomic E-state index is 12.4. The van der Waals surface area contributed by atoms with Gasteiger partial charge in [-0.25, -0.2) is 13.1 Å². The summed E-state index contributed by atoms with van der Waals surface area (Å²) >= 11 is 0. The summed E-state index contributed by atoms with van der Waals surface area (Å²) in [7, 11) is -1.60. The number of anilines is 1. The van der Waals surface area contributed by atoms with E-state index in [4.69, 9.17) is 4.74 Å². The number of aromatic nitrogens is 2. The van der Waals surface area contributed by atoms with Crippen LogP contribution in [0.5, 0.6) is 11.5 Å². The van der Waals surface area contributed by atoms with E-state index in [2.05, 4.69) is 10.4 Å². The van der Waals surface area contributed by atoms with Gasteiger partial charge in [-0.2, -0.15) is 5.10 Å². The molecule has 0 aliphatic carbocycles. The van der Waals surface area contributed by atoms with Gasteiger partial charge >= 0.3 is 0 Å². The number of hydrogen-bond acceptors (Lipinski definition) is 6. The van der Waals surface area contributed by atoms with Crippen LogP contribution >= 0.6 is 0 Å².